The lowest BCUT2D eigenvalue weighted by molar-refractivity contribution is -0.135. The van der Waals surface area contributed by atoms with E-state index in [4.69, 9.17) is 14.2 Å². The predicted octanol–water partition coefficient (Wildman–Crippen LogP) is 3.66. The fourth-order valence-corrected chi connectivity index (χ4v) is 6.05. The minimum absolute atomic E-state index is 0.218. The zero-order chi connectivity index (χ0) is 25.1. The van der Waals surface area contributed by atoms with Gasteiger partial charge in [0.1, 0.15) is 5.75 Å². The summed E-state index contributed by atoms with van der Waals surface area (Å²) in [6, 6.07) is 14.5. The number of piperazine rings is 1. The Kier molecular flexibility index (Phi) is 7.39. The summed E-state index contributed by atoms with van der Waals surface area (Å²) in [5.74, 6) is 2.83. The molecule has 0 unspecified atom stereocenters. The molecule has 3 aliphatic rings. The van der Waals surface area contributed by atoms with Gasteiger partial charge < -0.3 is 19.1 Å². The first kappa shape index (κ1) is 24.9. The molecule has 1 aliphatic carbocycles. The Hall–Kier alpha value is -2.77. The minimum Gasteiger partial charge on any atom is -0.496 e. The molecule has 2 aromatic rings. The summed E-state index contributed by atoms with van der Waals surface area (Å²) >= 11 is 0. The molecule has 36 heavy (non-hydrogen) atoms. The van der Waals surface area contributed by atoms with Gasteiger partial charge in [0.05, 0.1) is 21.3 Å². The highest BCUT2D eigenvalue weighted by Crippen LogP contribution is 2.60. The Morgan fingerprint density at radius 3 is 2.06 bits per heavy atom. The lowest BCUT2D eigenvalue weighted by Gasteiger charge is -2.36. The number of piperidine rings is 1. The molecule has 2 aliphatic heterocycles. The standard InChI is InChI=1S/C29H39N3O4/c1-34-25-18-27(36-3)26(35-2)17-23(25)21-30-11-9-29(10-12-30)19-24(29)28(33)32-15-13-31(14-16-32)20-22-7-5-4-6-8-22/h4-8,17-18,24H,9-16,19-21H2,1-3H3/t24-/m1/s1. The van der Waals surface area contributed by atoms with Gasteiger partial charge in [0.2, 0.25) is 5.91 Å². The molecule has 7 nitrogen and oxygen atoms in total. The SMILES string of the molecule is COc1cc(OC)c(OC)cc1CN1CCC2(CC1)C[C@@H]2C(=O)N1CCN(Cc2ccccc2)CC1. The summed E-state index contributed by atoms with van der Waals surface area (Å²) in [6.07, 6.45) is 3.24. The van der Waals surface area contributed by atoms with Gasteiger partial charge in [-0.2, -0.15) is 0 Å². The average molecular weight is 494 g/mol. The summed E-state index contributed by atoms with van der Waals surface area (Å²) in [5, 5.41) is 0. The Morgan fingerprint density at radius 2 is 1.42 bits per heavy atom. The van der Waals surface area contributed by atoms with E-state index in [0.29, 0.717) is 11.7 Å². The quantitative estimate of drug-likeness (QED) is 0.560. The van der Waals surface area contributed by atoms with Gasteiger partial charge in [-0.15, -0.1) is 0 Å². The van der Waals surface area contributed by atoms with Crippen molar-refractivity contribution in [3.63, 3.8) is 0 Å². The predicted molar refractivity (Wildman–Crippen MR) is 139 cm³/mol. The van der Waals surface area contributed by atoms with Crippen LogP contribution in [-0.2, 0) is 17.9 Å². The van der Waals surface area contributed by atoms with Crippen LogP contribution in [0.25, 0.3) is 0 Å². The Balaban J connectivity index is 1.11. The summed E-state index contributed by atoms with van der Waals surface area (Å²) in [4.78, 5) is 20.4. The number of carbonyl (C=O) groups is 1. The monoisotopic (exact) mass is 493 g/mol. The largest absolute Gasteiger partial charge is 0.496 e. The van der Waals surface area contributed by atoms with Gasteiger partial charge in [0, 0.05) is 56.8 Å². The fraction of sp³-hybridized carbons (Fsp3) is 0.552. The number of hydrogen-bond acceptors (Lipinski definition) is 6. The van der Waals surface area contributed by atoms with Crippen LogP contribution in [0.15, 0.2) is 42.5 Å². The number of carbonyl (C=O) groups excluding carboxylic acids is 1. The third-order valence-electron chi connectivity index (χ3n) is 8.45. The second-order valence-corrected chi connectivity index (χ2v) is 10.5. The molecule has 3 fully saturated rings. The molecule has 1 amide bonds. The lowest BCUT2D eigenvalue weighted by atomic mass is 9.90. The first-order chi connectivity index (χ1) is 17.5. The van der Waals surface area contributed by atoms with Crippen molar-refractivity contribution in [3.05, 3.63) is 53.6 Å². The molecule has 2 saturated heterocycles. The van der Waals surface area contributed by atoms with Crippen LogP contribution in [0.1, 0.15) is 30.4 Å². The van der Waals surface area contributed by atoms with Gasteiger partial charge in [-0.25, -0.2) is 0 Å². The van der Waals surface area contributed by atoms with E-state index in [1.807, 2.05) is 12.1 Å². The van der Waals surface area contributed by atoms with Crippen LogP contribution in [0, 0.1) is 11.3 Å². The summed E-state index contributed by atoms with van der Waals surface area (Å²) in [5.41, 5.74) is 2.66. The van der Waals surface area contributed by atoms with E-state index in [1.54, 1.807) is 21.3 Å². The summed E-state index contributed by atoms with van der Waals surface area (Å²) < 4.78 is 16.5. The molecule has 194 valence electrons. The number of hydrogen-bond donors (Lipinski definition) is 0. The van der Waals surface area contributed by atoms with Crippen molar-refractivity contribution in [2.24, 2.45) is 11.3 Å². The van der Waals surface area contributed by atoms with E-state index in [-0.39, 0.29) is 11.3 Å². The van der Waals surface area contributed by atoms with Crippen molar-refractivity contribution in [1.82, 2.24) is 14.7 Å². The second-order valence-electron chi connectivity index (χ2n) is 10.5. The number of likely N-dealkylation sites (tertiary alicyclic amines) is 1. The van der Waals surface area contributed by atoms with Crippen molar-refractivity contribution in [2.45, 2.75) is 32.4 Å². The maximum Gasteiger partial charge on any atom is 0.226 e. The topological polar surface area (TPSA) is 54.5 Å². The number of benzene rings is 2. The van der Waals surface area contributed by atoms with Crippen molar-refractivity contribution in [3.8, 4) is 17.2 Å². The Labute approximate surface area is 214 Å². The molecule has 1 atom stereocenters. The summed E-state index contributed by atoms with van der Waals surface area (Å²) in [6.45, 7) is 7.41. The van der Waals surface area contributed by atoms with Crippen molar-refractivity contribution in [2.75, 3.05) is 60.6 Å². The molecule has 0 radical (unpaired) electrons. The molecule has 2 aromatic carbocycles. The van der Waals surface area contributed by atoms with Crippen LogP contribution in [0.2, 0.25) is 0 Å². The fourth-order valence-electron chi connectivity index (χ4n) is 6.05. The van der Waals surface area contributed by atoms with Gasteiger partial charge >= 0.3 is 0 Å². The molecule has 0 aromatic heterocycles. The van der Waals surface area contributed by atoms with Crippen molar-refractivity contribution >= 4 is 5.91 Å². The zero-order valence-corrected chi connectivity index (χ0v) is 21.9. The van der Waals surface area contributed by atoms with Crippen LogP contribution >= 0.6 is 0 Å². The lowest BCUT2D eigenvalue weighted by Crippen LogP contribution is -2.49. The van der Waals surface area contributed by atoms with Crippen molar-refractivity contribution < 1.29 is 19.0 Å². The van der Waals surface area contributed by atoms with Crippen LogP contribution in [0.3, 0.4) is 0 Å². The van der Waals surface area contributed by atoms with Crippen molar-refractivity contribution in [1.29, 1.82) is 0 Å². The third kappa shape index (κ3) is 5.18. The number of rotatable bonds is 8. The number of methoxy groups -OCH3 is 3. The summed E-state index contributed by atoms with van der Waals surface area (Å²) in [7, 11) is 4.99. The minimum atomic E-state index is 0.218. The average Bonchev–Trinajstić information content (AvgIpc) is 3.63. The molecule has 1 spiro atoms. The smallest absolute Gasteiger partial charge is 0.226 e. The maximum absolute atomic E-state index is 13.3. The van der Waals surface area contributed by atoms with E-state index in [9.17, 15) is 4.79 Å². The van der Waals surface area contributed by atoms with Crippen LogP contribution < -0.4 is 14.2 Å². The normalized spacial score (nSPS) is 21.9. The molecule has 5 rings (SSSR count). The van der Waals surface area contributed by atoms with Gasteiger partial charge in [-0.3, -0.25) is 14.6 Å². The van der Waals surface area contributed by atoms with Crippen LogP contribution in [0.4, 0.5) is 0 Å². The first-order valence-corrected chi connectivity index (χ1v) is 13.1. The number of nitrogens with zero attached hydrogens (tertiary/aromatic N) is 3. The molecular weight excluding hydrogens is 454 g/mol. The van der Waals surface area contributed by atoms with E-state index >= 15 is 0 Å². The molecular formula is C29H39N3O4. The Bertz CT molecular complexity index is 1040. The van der Waals surface area contributed by atoms with E-state index in [1.165, 1.54) is 5.56 Å². The first-order valence-electron chi connectivity index (χ1n) is 13.1. The zero-order valence-electron chi connectivity index (χ0n) is 21.9. The highest BCUT2D eigenvalue weighted by Gasteiger charge is 2.59. The Morgan fingerprint density at radius 1 is 0.806 bits per heavy atom. The molecule has 1 saturated carbocycles. The van der Waals surface area contributed by atoms with Gasteiger partial charge in [0.15, 0.2) is 11.5 Å². The highest BCUT2D eigenvalue weighted by atomic mass is 16.5. The number of ether oxygens (including phenoxy) is 3. The maximum atomic E-state index is 13.3. The van der Waals surface area contributed by atoms with Gasteiger partial charge in [-0.05, 0) is 49.4 Å². The van der Waals surface area contributed by atoms with Gasteiger partial charge in [-0.1, -0.05) is 30.3 Å². The van der Waals surface area contributed by atoms with Crippen LogP contribution in [-0.4, -0.2) is 81.2 Å². The second kappa shape index (κ2) is 10.7. The molecule has 0 bridgehead atoms. The molecule has 2 heterocycles. The van der Waals surface area contributed by atoms with Gasteiger partial charge in [0.25, 0.3) is 0 Å². The number of amides is 1. The third-order valence-corrected chi connectivity index (χ3v) is 8.45. The molecule has 7 heteroatoms. The van der Waals surface area contributed by atoms with E-state index < -0.39 is 0 Å². The van der Waals surface area contributed by atoms with E-state index in [0.717, 1.165) is 88.7 Å². The highest BCUT2D eigenvalue weighted by molar-refractivity contribution is 5.83. The molecule has 0 N–H and O–H groups in total. The van der Waals surface area contributed by atoms with E-state index in [2.05, 4.69) is 45.0 Å². The van der Waals surface area contributed by atoms with Crippen LogP contribution in [0.5, 0.6) is 17.2 Å².